The van der Waals surface area contributed by atoms with Crippen molar-refractivity contribution in [1.82, 2.24) is 20.4 Å². The van der Waals surface area contributed by atoms with Gasteiger partial charge in [-0.15, -0.1) is 11.3 Å². The van der Waals surface area contributed by atoms with E-state index >= 15 is 0 Å². The van der Waals surface area contributed by atoms with Crippen molar-refractivity contribution in [2.75, 3.05) is 12.5 Å². The number of pyridine rings is 1. The van der Waals surface area contributed by atoms with Gasteiger partial charge in [-0.3, -0.25) is 15.6 Å². The molecular formula is C24H21N5O2S. The van der Waals surface area contributed by atoms with E-state index < -0.39 is 0 Å². The Balaban J connectivity index is 1.55. The number of hydrogen-bond acceptors (Lipinski definition) is 7. The van der Waals surface area contributed by atoms with Crippen molar-refractivity contribution in [2.24, 2.45) is 0 Å². The van der Waals surface area contributed by atoms with Crippen LogP contribution < -0.4 is 15.6 Å². The van der Waals surface area contributed by atoms with Gasteiger partial charge < -0.3 is 4.74 Å². The molecule has 1 aliphatic carbocycles. The monoisotopic (exact) mass is 443 g/mol. The molecule has 2 N–H and O–H groups in total. The number of rotatable bonds is 5. The fraction of sp³-hybridized carbons (Fsp3) is 0.167. The summed E-state index contributed by atoms with van der Waals surface area (Å²) in [6.45, 7) is 0. The summed E-state index contributed by atoms with van der Waals surface area (Å²) >= 11 is 1.70. The van der Waals surface area contributed by atoms with Crippen LogP contribution >= 0.6 is 11.3 Å². The zero-order valence-corrected chi connectivity index (χ0v) is 18.3. The Kier molecular flexibility index (Phi) is 5.51. The van der Waals surface area contributed by atoms with Crippen LogP contribution in [-0.2, 0) is 6.42 Å². The number of hydrogen-bond donors (Lipinski definition) is 2. The van der Waals surface area contributed by atoms with E-state index in [1.807, 2.05) is 30.3 Å². The van der Waals surface area contributed by atoms with Gasteiger partial charge in [-0.2, -0.15) is 4.98 Å². The zero-order valence-electron chi connectivity index (χ0n) is 17.5. The molecule has 0 fully saturated rings. The number of nitrogens with one attached hydrogen (secondary N) is 2. The third-order valence-electron chi connectivity index (χ3n) is 5.38. The molecule has 3 heterocycles. The molecule has 0 radical (unpaired) electrons. The number of methoxy groups -OCH3 is 1. The molecule has 0 spiro atoms. The maximum Gasteiger partial charge on any atom is 0.270 e. The van der Waals surface area contributed by atoms with Gasteiger partial charge in [-0.25, -0.2) is 9.97 Å². The number of ether oxygens (including phenoxy) is 1. The summed E-state index contributed by atoms with van der Waals surface area (Å²) in [7, 11) is 1.53. The van der Waals surface area contributed by atoms with Crippen molar-refractivity contribution < 1.29 is 9.53 Å². The Morgan fingerprint density at radius 2 is 2.03 bits per heavy atom. The molecule has 0 atom stereocenters. The third kappa shape index (κ3) is 3.92. The number of anilines is 1. The van der Waals surface area contributed by atoms with Gasteiger partial charge in [0, 0.05) is 22.5 Å². The van der Waals surface area contributed by atoms with Crippen LogP contribution in [0.2, 0.25) is 0 Å². The molecule has 7 nitrogen and oxygen atoms in total. The number of thiophene rings is 1. The number of allylic oxidation sites excluding steroid dienone is 1. The second-order valence-electron chi connectivity index (χ2n) is 7.37. The van der Waals surface area contributed by atoms with Crippen LogP contribution in [-0.4, -0.2) is 28.0 Å². The van der Waals surface area contributed by atoms with E-state index in [-0.39, 0.29) is 11.9 Å². The van der Waals surface area contributed by atoms with Gasteiger partial charge in [0.05, 0.1) is 23.9 Å². The predicted octanol–water partition coefficient (Wildman–Crippen LogP) is 4.73. The van der Waals surface area contributed by atoms with Gasteiger partial charge in [0.25, 0.3) is 5.91 Å². The lowest BCUT2D eigenvalue weighted by Gasteiger charge is -2.22. The van der Waals surface area contributed by atoms with Crippen molar-refractivity contribution in [3.8, 4) is 5.88 Å². The minimum atomic E-state index is -0.247. The third-order valence-corrected chi connectivity index (χ3v) is 6.20. The SMILES string of the molecule is COc1ccnc(NNC(=O)c2c3c(nc4ccccc24)/C(=C/c2cccs2)CCC3)n1. The van der Waals surface area contributed by atoms with Crippen LogP contribution in [0, 0.1) is 0 Å². The molecule has 0 unspecified atom stereocenters. The molecule has 1 amide bonds. The van der Waals surface area contributed by atoms with E-state index in [0.29, 0.717) is 11.4 Å². The number of benzene rings is 1. The average molecular weight is 444 g/mol. The zero-order chi connectivity index (χ0) is 21.9. The highest BCUT2D eigenvalue weighted by Crippen LogP contribution is 2.36. The van der Waals surface area contributed by atoms with Crippen molar-refractivity contribution in [1.29, 1.82) is 0 Å². The molecule has 3 aromatic heterocycles. The van der Waals surface area contributed by atoms with Crippen LogP contribution in [0.15, 0.2) is 54.0 Å². The topological polar surface area (TPSA) is 89.0 Å². The van der Waals surface area contributed by atoms with E-state index in [9.17, 15) is 4.79 Å². The molecule has 0 saturated carbocycles. The van der Waals surface area contributed by atoms with Gasteiger partial charge in [-0.1, -0.05) is 24.3 Å². The molecule has 160 valence electrons. The van der Waals surface area contributed by atoms with E-state index in [4.69, 9.17) is 9.72 Å². The van der Waals surface area contributed by atoms with Crippen molar-refractivity contribution in [2.45, 2.75) is 19.3 Å². The van der Waals surface area contributed by atoms with E-state index in [0.717, 1.165) is 47.0 Å². The fourth-order valence-electron chi connectivity index (χ4n) is 3.97. The van der Waals surface area contributed by atoms with E-state index in [1.165, 1.54) is 12.0 Å². The van der Waals surface area contributed by atoms with Crippen LogP contribution in [0.5, 0.6) is 5.88 Å². The highest BCUT2D eigenvalue weighted by molar-refractivity contribution is 7.10. The second-order valence-corrected chi connectivity index (χ2v) is 8.35. The number of para-hydroxylation sites is 1. The molecule has 5 rings (SSSR count). The highest BCUT2D eigenvalue weighted by Gasteiger charge is 2.25. The van der Waals surface area contributed by atoms with Gasteiger partial charge in [0.2, 0.25) is 11.8 Å². The first kappa shape index (κ1) is 20.1. The number of fused-ring (bicyclic) bond motifs is 2. The molecule has 0 aliphatic heterocycles. The summed E-state index contributed by atoms with van der Waals surface area (Å²) in [5.41, 5.74) is 10.0. The smallest absolute Gasteiger partial charge is 0.270 e. The van der Waals surface area contributed by atoms with Gasteiger partial charge in [0.1, 0.15) is 0 Å². The summed E-state index contributed by atoms with van der Waals surface area (Å²) in [6.07, 6.45) is 6.46. The maximum atomic E-state index is 13.4. The number of hydrazine groups is 1. The first-order valence-electron chi connectivity index (χ1n) is 10.3. The van der Waals surface area contributed by atoms with Crippen LogP contribution in [0.3, 0.4) is 0 Å². The van der Waals surface area contributed by atoms with E-state index in [2.05, 4.69) is 38.3 Å². The molecular weight excluding hydrogens is 422 g/mol. The van der Waals surface area contributed by atoms with Crippen LogP contribution in [0.1, 0.15) is 39.3 Å². The second kappa shape index (κ2) is 8.76. The molecule has 1 aliphatic rings. The molecule has 4 aromatic rings. The number of amides is 1. The van der Waals surface area contributed by atoms with Crippen LogP contribution in [0.4, 0.5) is 5.95 Å². The van der Waals surface area contributed by atoms with Gasteiger partial charge in [-0.05, 0) is 54.0 Å². The minimum absolute atomic E-state index is 0.247. The summed E-state index contributed by atoms with van der Waals surface area (Å²) in [6, 6.07) is 13.5. The van der Waals surface area contributed by atoms with Crippen LogP contribution in [0.25, 0.3) is 22.6 Å². The fourth-order valence-corrected chi connectivity index (χ4v) is 4.65. The normalized spacial score (nSPS) is 14.2. The Bertz CT molecular complexity index is 1320. The first-order chi connectivity index (χ1) is 15.7. The van der Waals surface area contributed by atoms with Gasteiger partial charge in [0.15, 0.2) is 0 Å². The van der Waals surface area contributed by atoms with Crippen molar-refractivity contribution in [3.05, 3.63) is 75.7 Å². The number of carbonyl (C=O) groups is 1. The summed E-state index contributed by atoms with van der Waals surface area (Å²) < 4.78 is 5.12. The quantitative estimate of drug-likeness (QED) is 0.434. The first-order valence-corrected chi connectivity index (χ1v) is 11.2. The van der Waals surface area contributed by atoms with E-state index in [1.54, 1.807) is 23.6 Å². The predicted molar refractivity (Wildman–Crippen MR) is 127 cm³/mol. The number of carbonyl (C=O) groups excluding carboxylic acids is 1. The van der Waals surface area contributed by atoms with Crippen molar-refractivity contribution >= 4 is 45.7 Å². The Morgan fingerprint density at radius 3 is 2.88 bits per heavy atom. The molecule has 8 heteroatoms. The van der Waals surface area contributed by atoms with Gasteiger partial charge >= 0.3 is 0 Å². The standard InChI is InChI=1S/C24H21N5O2S/c1-31-20-11-12-25-24(27-20)29-28-23(30)21-17-8-2-3-10-19(17)26-22-15(6-4-9-18(21)22)14-16-7-5-13-32-16/h2-3,5,7-8,10-14H,4,6,9H2,1H3,(H,28,30)(H,25,27,29)/b15-14+. The minimum Gasteiger partial charge on any atom is -0.481 e. The lowest BCUT2D eigenvalue weighted by molar-refractivity contribution is 0.0962. The number of nitrogens with zero attached hydrogens (tertiary/aromatic N) is 3. The van der Waals surface area contributed by atoms with Crippen molar-refractivity contribution in [3.63, 3.8) is 0 Å². The summed E-state index contributed by atoms with van der Waals surface area (Å²) in [5, 5.41) is 2.89. The Labute approximate surface area is 189 Å². The largest absolute Gasteiger partial charge is 0.481 e. The Hall–Kier alpha value is -3.78. The summed E-state index contributed by atoms with van der Waals surface area (Å²) in [4.78, 5) is 27.8. The lowest BCUT2D eigenvalue weighted by atomic mass is 9.86. The maximum absolute atomic E-state index is 13.4. The molecule has 0 bridgehead atoms. The summed E-state index contributed by atoms with van der Waals surface area (Å²) in [5.74, 6) is 0.415. The molecule has 0 saturated heterocycles. The Morgan fingerprint density at radius 1 is 1.12 bits per heavy atom. The highest BCUT2D eigenvalue weighted by atomic mass is 32.1. The molecule has 32 heavy (non-hydrogen) atoms. The lowest BCUT2D eigenvalue weighted by Crippen LogP contribution is -2.32. The molecule has 1 aromatic carbocycles. The number of aromatic nitrogens is 3. The average Bonchev–Trinajstić information content (AvgIpc) is 3.34.